The molecule has 0 bridgehead atoms. The van der Waals surface area contributed by atoms with Gasteiger partial charge in [-0.3, -0.25) is 0 Å². The van der Waals surface area contributed by atoms with Gasteiger partial charge in [-0.15, -0.1) is 0 Å². The van der Waals surface area contributed by atoms with Gasteiger partial charge in [-0.2, -0.15) is 10.2 Å². The Morgan fingerprint density at radius 3 is 2.54 bits per heavy atom. The fourth-order valence-electron chi connectivity index (χ4n) is 2.55. The van der Waals surface area contributed by atoms with Crippen LogP contribution in [0.3, 0.4) is 0 Å². The molecular weight excluding hydrogens is 360 g/mol. The molecule has 0 aliphatic rings. The molecular formula is C19H18N6O3. The number of hydrogen-bond donors (Lipinski definition) is 3. The van der Waals surface area contributed by atoms with Crippen LogP contribution in [-0.4, -0.2) is 23.3 Å². The van der Waals surface area contributed by atoms with E-state index in [1.54, 1.807) is 31.4 Å². The number of nitrogen functional groups attached to an aromatic ring is 1. The highest BCUT2D eigenvalue weighted by atomic mass is 16.5. The van der Waals surface area contributed by atoms with E-state index in [2.05, 4.69) is 20.8 Å². The summed E-state index contributed by atoms with van der Waals surface area (Å²) in [6.07, 6.45) is 0.420. The summed E-state index contributed by atoms with van der Waals surface area (Å²) in [6.45, 7) is 0. The van der Waals surface area contributed by atoms with E-state index in [-0.39, 0.29) is 11.8 Å². The maximum Gasteiger partial charge on any atom is 0.319 e. The van der Waals surface area contributed by atoms with Gasteiger partial charge in [0.2, 0.25) is 0 Å². The van der Waals surface area contributed by atoms with Crippen molar-refractivity contribution in [3.8, 4) is 11.8 Å². The fraction of sp³-hybridized carbons (Fsp3) is 0.158. The zero-order valence-corrected chi connectivity index (χ0v) is 15.0. The average Bonchev–Trinajstić information content (AvgIpc) is 3.15. The molecule has 4 N–H and O–H groups in total. The lowest BCUT2D eigenvalue weighted by atomic mass is 10.1. The summed E-state index contributed by atoms with van der Waals surface area (Å²) in [5, 5.41) is 18.2. The third-order valence-corrected chi connectivity index (χ3v) is 3.95. The number of aromatic nitrogens is 2. The maximum absolute atomic E-state index is 12.4. The SMILES string of the molecule is COc1ccc(CC(NC(=O)Nc2ccc(C#N)cc2)c2noc(N)n2)cc1. The second-order valence-corrected chi connectivity index (χ2v) is 5.88. The molecule has 3 rings (SSSR count). The van der Waals surface area contributed by atoms with Crippen molar-refractivity contribution >= 4 is 17.7 Å². The Morgan fingerprint density at radius 2 is 1.96 bits per heavy atom. The average molecular weight is 378 g/mol. The molecule has 28 heavy (non-hydrogen) atoms. The van der Waals surface area contributed by atoms with Crippen LogP contribution in [0.4, 0.5) is 16.5 Å². The van der Waals surface area contributed by atoms with E-state index in [1.807, 2.05) is 30.3 Å². The number of nitrogens with one attached hydrogen (secondary N) is 2. The first-order chi connectivity index (χ1) is 13.6. The van der Waals surface area contributed by atoms with Crippen molar-refractivity contribution in [1.29, 1.82) is 5.26 Å². The first kappa shape index (κ1) is 18.7. The Balaban J connectivity index is 1.72. The van der Waals surface area contributed by atoms with Crippen molar-refractivity contribution < 1.29 is 14.1 Å². The number of methoxy groups -OCH3 is 1. The number of nitrogens with zero attached hydrogens (tertiary/aromatic N) is 3. The number of amides is 2. The first-order valence-electron chi connectivity index (χ1n) is 8.37. The summed E-state index contributed by atoms with van der Waals surface area (Å²) in [6, 6.07) is 14.9. The van der Waals surface area contributed by atoms with Crippen molar-refractivity contribution in [3.63, 3.8) is 0 Å². The highest BCUT2D eigenvalue weighted by Crippen LogP contribution is 2.19. The van der Waals surface area contributed by atoms with Gasteiger partial charge in [0.1, 0.15) is 5.75 Å². The Kier molecular flexibility index (Phi) is 5.72. The Hall–Kier alpha value is -4.06. The quantitative estimate of drug-likeness (QED) is 0.599. The highest BCUT2D eigenvalue weighted by Gasteiger charge is 2.21. The van der Waals surface area contributed by atoms with Crippen molar-refractivity contribution in [1.82, 2.24) is 15.5 Å². The van der Waals surface area contributed by atoms with Crippen molar-refractivity contribution in [2.24, 2.45) is 0 Å². The molecule has 142 valence electrons. The van der Waals surface area contributed by atoms with E-state index < -0.39 is 12.1 Å². The number of carbonyl (C=O) groups excluding carboxylic acids is 1. The molecule has 0 fully saturated rings. The van der Waals surface area contributed by atoms with Gasteiger partial charge >= 0.3 is 12.0 Å². The van der Waals surface area contributed by atoms with Crippen LogP contribution in [0.1, 0.15) is 23.0 Å². The lowest BCUT2D eigenvalue weighted by Gasteiger charge is -2.16. The number of nitrogens with two attached hydrogens (primary N) is 1. The molecule has 0 spiro atoms. The smallest absolute Gasteiger partial charge is 0.319 e. The van der Waals surface area contributed by atoms with Gasteiger partial charge in [0.05, 0.1) is 24.8 Å². The standard InChI is InChI=1S/C19H18N6O3/c1-27-15-8-4-12(5-9-15)10-16(17-24-18(21)28-25-17)23-19(26)22-14-6-2-13(11-20)3-7-14/h2-9,16H,10H2,1H3,(H2,21,24,25)(H2,22,23,26). The lowest BCUT2D eigenvalue weighted by Crippen LogP contribution is -2.34. The van der Waals surface area contributed by atoms with Gasteiger partial charge in [-0.1, -0.05) is 17.3 Å². The van der Waals surface area contributed by atoms with Crippen LogP contribution in [0.5, 0.6) is 5.75 Å². The monoisotopic (exact) mass is 378 g/mol. The number of benzene rings is 2. The van der Waals surface area contributed by atoms with E-state index in [0.29, 0.717) is 17.7 Å². The predicted molar refractivity (Wildman–Crippen MR) is 101 cm³/mol. The molecule has 9 heteroatoms. The third-order valence-electron chi connectivity index (χ3n) is 3.95. The maximum atomic E-state index is 12.4. The highest BCUT2D eigenvalue weighted by molar-refractivity contribution is 5.89. The minimum Gasteiger partial charge on any atom is -0.497 e. The minimum absolute atomic E-state index is 0.0796. The normalized spacial score (nSPS) is 11.3. The second kappa shape index (κ2) is 8.55. The molecule has 3 aromatic rings. The van der Waals surface area contributed by atoms with Crippen LogP contribution in [-0.2, 0) is 6.42 Å². The number of carbonyl (C=O) groups is 1. The van der Waals surface area contributed by atoms with Crippen LogP contribution in [0.25, 0.3) is 0 Å². The zero-order chi connectivity index (χ0) is 19.9. The first-order valence-corrected chi connectivity index (χ1v) is 8.37. The van der Waals surface area contributed by atoms with Crippen LogP contribution in [0.15, 0.2) is 53.1 Å². The number of urea groups is 1. The van der Waals surface area contributed by atoms with E-state index >= 15 is 0 Å². The van der Waals surface area contributed by atoms with E-state index in [4.69, 9.17) is 20.3 Å². The molecule has 0 aliphatic carbocycles. The number of hydrogen-bond acceptors (Lipinski definition) is 7. The Labute approximate surface area is 161 Å². The van der Waals surface area contributed by atoms with Gasteiger partial charge in [0.25, 0.3) is 0 Å². The van der Waals surface area contributed by atoms with Gasteiger partial charge in [0.15, 0.2) is 5.82 Å². The van der Waals surface area contributed by atoms with Gasteiger partial charge in [-0.05, 0) is 42.0 Å². The Bertz CT molecular complexity index is 976. The topological polar surface area (TPSA) is 139 Å². The summed E-state index contributed by atoms with van der Waals surface area (Å²) in [4.78, 5) is 16.4. The van der Waals surface area contributed by atoms with Crippen molar-refractivity contribution in [2.75, 3.05) is 18.2 Å². The molecule has 0 saturated carbocycles. The van der Waals surface area contributed by atoms with Crippen LogP contribution in [0, 0.1) is 11.3 Å². The summed E-state index contributed by atoms with van der Waals surface area (Å²) in [5.41, 5.74) is 7.51. The van der Waals surface area contributed by atoms with Crippen LogP contribution < -0.4 is 21.1 Å². The number of nitriles is 1. The molecule has 1 aromatic heterocycles. The van der Waals surface area contributed by atoms with E-state index in [9.17, 15) is 4.79 Å². The van der Waals surface area contributed by atoms with Gasteiger partial charge < -0.3 is 25.6 Å². The lowest BCUT2D eigenvalue weighted by molar-refractivity contribution is 0.247. The summed E-state index contributed by atoms with van der Waals surface area (Å²) in [5.74, 6) is 0.999. The molecule has 1 unspecified atom stereocenters. The summed E-state index contributed by atoms with van der Waals surface area (Å²) >= 11 is 0. The number of anilines is 2. The number of ether oxygens (including phenoxy) is 1. The van der Waals surface area contributed by atoms with Gasteiger partial charge in [-0.25, -0.2) is 4.79 Å². The Morgan fingerprint density at radius 1 is 1.25 bits per heavy atom. The molecule has 1 heterocycles. The summed E-state index contributed by atoms with van der Waals surface area (Å²) in [7, 11) is 1.59. The van der Waals surface area contributed by atoms with Crippen LogP contribution in [0.2, 0.25) is 0 Å². The van der Waals surface area contributed by atoms with Gasteiger partial charge in [0, 0.05) is 12.1 Å². The number of rotatable bonds is 6. The van der Waals surface area contributed by atoms with E-state index in [1.165, 1.54) is 0 Å². The van der Waals surface area contributed by atoms with Crippen LogP contribution >= 0.6 is 0 Å². The molecule has 1 atom stereocenters. The molecule has 2 amide bonds. The van der Waals surface area contributed by atoms with Crippen molar-refractivity contribution in [3.05, 3.63) is 65.5 Å². The molecule has 2 aromatic carbocycles. The second-order valence-electron chi connectivity index (χ2n) is 5.88. The predicted octanol–water partition coefficient (Wildman–Crippen LogP) is 2.64. The molecule has 9 nitrogen and oxygen atoms in total. The van der Waals surface area contributed by atoms with E-state index in [0.717, 1.165) is 11.3 Å². The minimum atomic E-state index is -0.562. The fourth-order valence-corrected chi connectivity index (χ4v) is 2.55. The third kappa shape index (κ3) is 4.76. The van der Waals surface area contributed by atoms with Crippen molar-refractivity contribution in [2.45, 2.75) is 12.5 Å². The largest absolute Gasteiger partial charge is 0.497 e. The zero-order valence-electron chi connectivity index (χ0n) is 15.0. The molecule has 0 aliphatic heterocycles. The molecule has 0 saturated heterocycles. The summed E-state index contributed by atoms with van der Waals surface area (Å²) < 4.78 is 9.99. The molecule has 0 radical (unpaired) electrons.